The molecule has 3 heteroatoms. The molecule has 2 atom stereocenters. The molecule has 1 aromatic heterocycles. The number of quaternary nitrogens is 1. The van der Waals surface area contributed by atoms with Crippen molar-refractivity contribution >= 4 is 0 Å². The van der Waals surface area contributed by atoms with E-state index in [4.69, 9.17) is 0 Å². The van der Waals surface area contributed by atoms with Crippen LogP contribution in [0.2, 0.25) is 0 Å². The van der Waals surface area contributed by atoms with Crippen LogP contribution in [0.5, 0.6) is 0 Å². The first-order chi connectivity index (χ1) is 12.2. The largest absolute Gasteiger partial charge is 0.387 e. The molecule has 25 heavy (non-hydrogen) atoms. The summed E-state index contributed by atoms with van der Waals surface area (Å²) in [6.07, 6.45) is 8.15. The quantitative estimate of drug-likeness (QED) is 0.641. The van der Waals surface area contributed by atoms with Gasteiger partial charge in [-0.05, 0) is 43.0 Å². The summed E-state index contributed by atoms with van der Waals surface area (Å²) in [7, 11) is 0. The van der Waals surface area contributed by atoms with Crippen molar-refractivity contribution in [3.63, 3.8) is 0 Å². The summed E-state index contributed by atoms with van der Waals surface area (Å²) in [5.41, 5.74) is 4.08. The first-order valence-corrected chi connectivity index (χ1v) is 9.49. The smallest absolute Gasteiger partial charge is 0.118 e. The maximum atomic E-state index is 10.3. The number of benzene rings is 1. The Hall–Kier alpha value is -1.84. The van der Waals surface area contributed by atoms with Crippen molar-refractivity contribution in [2.24, 2.45) is 0 Å². The number of aliphatic hydroxyl groups excluding tert-OH is 1. The minimum Gasteiger partial charge on any atom is -0.387 e. The van der Waals surface area contributed by atoms with Crippen LogP contribution in [0, 0.1) is 6.92 Å². The maximum Gasteiger partial charge on any atom is 0.118 e. The third kappa shape index (κ3) is 5.07. The van der Waals surface area contributed by atoms with Crippen LogP contribution in [0.4, 0.5) is 0 Å². The van der Waals surface area contributed by atoms with Crippen molar-refractivity contribution in [3.8, 4) is 0 Å². The molecule has 0 bridgehead atoms. The monoisotopic (exact) mass is 339 g/mol. The van der Waals surface area contributed by atoms with Gasteiger partial charge < -0.3 is 14.6 Å². The molecule has 1 aromatic carbocycles. The third-order valence-corrected chi connectivity index (χ3v) is 5.29. The summed E-state index contributed by atoms with van der Waals surface area (Å²) in [5.74, 6) is 0. The van der Waals surface area contributed by atoms with Gasteiger partial charge in [-0.3, -0.25) is 0 Å². The summed E-state index contributed by atoms with van der Waals surface area (Å²) in [6.45, 7) is 8.69. The number of rotatable bonds is 10. The first kappa shape index (κ1) is 18.0. The van der Waals surface area contributed by atoms with Crippen molar-refractivity contribution in [3.05, 3.63) is 72.1 Å². The van der Waals surface area contributed by atoms with E-state index in [1.807, 2.05) is 6.08 Å². The summed E-state index contributed by atoms with van der Waals surface area (Å²) in [6, 6.07) is 13.7. The van der Waals surface area contributed by atoms with Crippen molar-refractivity contribution in [2.45, 2.75) is 57.8 Å². The second-order valence-corrected chi connectivity index (χ2v) is 7.39. The van der Waals surface area contributed by atoms with Crippen LogP contribution >= 0.6 is 0 Å². The predicted octanol–water partition coefficient (Wildman–Crippen LogP) is 2.72. The van der Waals surface area contributed by atoms with Crippen LogP contribution in [-0.4, -0.2) is 28.4 Å². The lowest BCUT2D eigenvalue weighted by molar-refractivity contribution is -0.928. The van der Waals surface area contributed by atoms with Crippen molar-refractivity contribution in [2.75, 3.05) is 6.54 Å². The summed E-state index contributed by atoms with van der Waals surface area (Å²) >= 11 is 0. The molecule has 1 heterocycles. The molecule has 0 radical (unpaired) electrons. The van der Waals surface area contributed by atoms with Crippen LogP contribution < -0.4 is 4.90 Å². The van der Waals surface area contributed by atoms with Gasteiger partial charge >= 0.3 is 0 Å². The zero-order valence-corrected chi connectivity index (χ0v) is 15.3. The van der Waals surface area contributed by atoms with Gasteiger partial charge in [-0.15, -0.1) is 6.58 Å². The number of nitrogens with one attached hydrogen (secondary N) is 1. The molecule has 1 fully saturated rings. The molecular formula is C22H31N2O+. The number of aryl methyl sites for hydroxylation is 1. The van der Waals surface area contributed by atoms with Crippen LogP contribution in [0.1, 0.15) is 42.5 Å². The molecule has 2 N–H and O–H groups in total. The van der Waals surface area contributed by atoms with E-state index in [1.165, 1.54) is 34.6 Å². The van der Waals surface area contributed by atoms with E-state index in [1.54, 1.807) is 0 Å². The van der Waals surface area contributed by atoms with Gasteiger partial charge in [0.1, 0.15) is 19.2 Å². The van der Waals surface area contributed by atoms with E-state index < -0.39 is 0 Å². The molecule has 0 saturated heterocycles. The fourth-order valence-corrected chi connectivity index (χ4v) is 3.56. The average Bonchev–Trinajstić information content (AvgIpc) is 3.37. The molecule has 1 saturated carbocycles. The Bertz CT molecular complexity index is 687. The van der Waals surface area contributed by atoms with Crippen LogP contribution in [0.15, 0.2) is 55.3 Å². The Labute approximate surface area is 151 Å². The van der Waals surface area contributed by atoms with Gasteiger partial charge in [-0.1, -0.05) is 30.3 Å². The van der Waals surface area contributed by atoms with Crippen LogP contribution in [0.25, 0.3) is 0 Å². The lowest BCUT2D eigenvalue weighted by Gasteiger charge is -2.23. The first-order valence-electron chi connectivity index (χ1n) is 9.49. The Morgan fingerprint density at radius 2 is 2.08 bits per heavy atom. The van der Waals surface area contributed by atoms with Gasteiger partial charge in [-0.2, -0.15) is 0 Å². The number of hydrogen-bond acceptors (Lipinski definition) is 1. The summed E-state index contributed by atoms with van der Waals surface area (Å²) in [4.78, 5) is 1.53. The third-order valence-electron chi connectivity index (χ3n) is 5.29. The number of allylic oxidation sites excluding steroid dienone is 1. The van der Waals surface area contributed by atoms with Crippen LogP contribution in [0.3, 0.4) is 0 Å². The van der Waals surface area contributed by atoms with Crippen molar-refractivity contribution in [1.29, 1.82) is 0 Å². The lowest BCUT2D eigenvalue weighted by atomic mass is 10.1. The number of hydrogen-bond donors (Lipinski definition) is 2. The lowest BCUT2D eigenvalue weighted by Crippen LogP contribution is -3.13. The predicted molar refractivity (Wildman–Crippen MR) is 103 cm³/mol. The molecule has 3 rings (SSSR count). The highest BCUT2D eigenvalue weighted by molar-refractivity contribution is 5.26. The van der Waals surface area contributed by atoms with Crippen LogP contribution in [-0.2, 0) is 13.1 Å². The number of aliphatic hydroxyl groups is 1. The van der Waals surface area contributed by atoms with E-state index in [0.717, 1.165) is 38.5 Å². The molecule has 0 aliphatic heterocycles. The minimum absolute atomic E-state index is 0.228. The van der Waals surface area contributed by atoms with Gasteiger partial charge in [0.05, 0.1) is 11.7 Å². The molecule has 0 spiro atoms. The highest BCUT2D eigenvalue weighted by atomic mass is 16.3. The Kier molecular flexibility index (Phi) is 6.11. The fourth-order valence-electron chi connectivity index (χ4n) is 3.56. The molecule has 1 aliphatic carbocycles. The number of aromatic nitrogens is 1. The molecular weight excluding hydrogens is 308 g/mol. The normalized spacial score (nSPS) is 16.6. The highest BCUT2D eigenvalue weighted by Crippen LogP contribution is 2.17. The van der Waals surface area contributed by atoms with Gasteiger partial charge in [0, 0.05) is 25.6 Å². The average molecular weight is 340 g/mol. The standard InChI is InChI=1S/C22H30N2O/c1-3-4-11-22(25)17-24(20-12-13-20)16-21-10-7-14-23(21)15-19-9-6-5-8-18(19)2/h3,5-10,14,20,22,25H,1,4,11-13,15-17H2,2H3/p+1/t22-/m1/s1. The SMILES string of the molecule is C=CCC[C@@H](O)C[NH+](Cc1cccn1Cc1ccccc1C)C1CC1. The second kappa shape index (κ2) is 8.50. The van der Waals surface area contributed by atoms with Crippen molar-refractivity contribution in [1.82, 2.24) is 4.57 Å². The molecule has 1 aliphatic rings. The maximum absolute atomic E-state index is 10.3. The summed E-state index contributed by atoms with van der Waals surface area (Å²) < 4.78 is 2.36. The van der Waals surface area contributed by atoms with E-state index in [2.05, 4.69) is 60.7 Å². The Morgan fingerprint density at radius 3 is 2.80 bits per heavy atom. The van der Waals surface area contributed by atoms with E-state index >= 15 is 0 Å². The molecule has 1 unspecified atom stereocenters. The van der Waals surface area contributed by atoms with Crippen molar-refractivity contribution < 1.29 is 10.0 Å². The zero-order chi connectivity index (χ0) is 17.6. The molecule has 0 amide bonds. The zero-order valence-electron chi connectivity index (χ0n) is 15.3. The molecule has 2 aromatic rings. The topological polar surface area (TPSA) is 29.6 Å². The van der Waals surface area contributed by atoms with Gasteiger partial charge in [0.2, 0.25) is 0 Å². The fraction of sp³-hybridized carbons (Fsp3) is 0.455. The highest BCUT2D eigenvalue weighted by Gasteiger charge is 2.34. The summed E-state index contributed by atoms with van der Waals surface area (Å²) in [5, 5.41) is 10.3. The molecule has 3 nitrogen and oxygen atoms in total. The Balaban J connectivity index is 1.66. The van der Waals surface area contributed by atoms with Gasteiger partial charge in [0.15, 0.2) is 0 Å². The van der Waals surface area contributed by atoms with E-state index in [-0.39, 0.29) is 6.10 Å². The van der Waals surface area contributed by atoms with Gasteiger partial charge in [-0.25, -0.2) is 0 Å². The molecule has 134 valence electrons. The van der Waals surface area contributed by atoms with E-state index in [9.17, 15) is 5.11 Å². The minimum atomic E-state index is -0.228. The van der Waals surface area contributed by atoms with E-state index in [0.29, 0.717) is 0 Å². The number of nitrogens with zero attached hydrogens (tertiary/aromatic N) is 1. The van der Waals surface area contributed by atoms with Gasteiger partial charge in [0.25, 0.3) is 0 Å². The second-order valence-electron chi connectivity index (χ2n) is 7.39. The Morgan fingerprint density at radius 1 is 1.28 bits per heavy atom.